The number of carbonyl (C=O) groups excluding carboxylic acids is 1. The molecule has 1 aliphatic heterocycles. The molecule has 2 aliphatic rings. The Balaban J connectivity index is 1.64. The SMILES string of the molecule is CN1C(=O)N(c2ccc(-c3cccnc3)cn2)C2CCCCC21. The summed E-state index contributed by atoms with van der Waals surface area (Å²) >= 11 is 0. The van der Waals surface area contributed by atoms with E-state index in [1.807, 2.05) is 53.5 Å². The maximum atomic E-state index is 12.6. The summed E-state index contributed by atoms with van der Waals surface area (Å²) in [5.74, 6) is 0.754. The first-order chi connectivity index (χ1) is 11.3. The standard InChI is InChI=1S/C18H20N4O/c1-21-15-6-2-3-7-16(15)22(18(21)23)17-9-8-14(12-20-17)13-5-4-10-19-11-13/h4-5,8-12,15-16H,2-3,6-7H2,1H3. The van der Waals surface area contributed by atoms with Gasteiger partial charge in [-0.15, -0.1) is 0 Å². The highest BCUT2D eigenvalue weighted by Crippen LogP contribution is 2.36. The van der Waals surface area contributed by atoms with Gasteiger partial charge in [0, 0.05) is 36.8 Å². The molecule has 0 radical (unpaired) electrons. The van der Waals surface area contributed by atoms with Crippen molar-refractivity contribution in [3.63, 3.8) is 0 Å². The van der Waals surface area contributed by atoms with Gasteiger partial charge in [-0.2, -0.15) is 0 Å². The lowest BCUT2D eigenvalue weighted by atomic mass is 9.90. The predicted molar refractivity (Wildman–Crippen MR) is 89.2 cm³/mol. The van der Waals surface area contributed by atoms with Crippen LogP contribution in [0, 0.1) is 0 Å². The van der Waals surface area contributed by atoms with Crippen LogP contribution in [0.3, 0.4) is 0 Å². The zero-order valence-electron chi connectivity index (χ0n) is 13.2. The molecule has 0 spiro atoms. The third kappa shape index (κ3) is 2.36. The minimum atomic E-state index is 0.0727. The molecule has 0 N–H and O–H groups in total. The first-order valence-corrected chi connectivity index (χ1v) is 8.18. The topological polar surface area (TPSA) is 49.3 Å². The Morgan fingerprint density at radius 2 is 1.83 bits per heavy atom. The molecule has 2 unspecified atom stereocenters. The van der Waals surface area contributed by atoms with Crippen molar-refractivity contribution in [2.24, 2.45) is 0 Å². The van der Waals surface area contributed by atoms with E-state index in [1.165, 1.54) is 12.8 Å². The van der Waals surface area contributed by atoms with E-state index in [4.69, 9.17) is 0 Å². The molecule has 118 valence electrons. The number of likely N-dealkylation sites (N-methyl/N-ethyl adjacent to an activating group) is 1. The Morgan fingerprint density at radius 3 is 2.52 bits per heavy atom. The van der Waals surface area contributed by atoms with Gasteiger partial charge in [-0.1, -0.05) is 18.9 Å². The fourth-order valence-corrected chi connectivity index (χ4v) is 3.80. The van der Waals surface area contributed by atoms with Crippen LogP contribution in [-0.2, 0) is 0 Å². The van der Waals surface area contributed by atoms with Gasteiger partial charge >= 0.3 is 6.03 Å². The molecule has 0 bridgehead atoms. The van der Waals surface area contributed by atoms with E-state index >= 15 is 0 Å². The van der Waals surface area contributed by atoms with Gasteiger partial charge in [0.25, 0.3) is 0 Å². The quantitative estimate of drug-likeness (QED) is 0.855. The van der Waals surface area contributed by atoms with Crippen molar-refractivity contribution in [3.8, 4) is 11.1 Å². The molecule has 0 aromatic carbocycles. The van der Waals surface area contributed by atoms with Crippen molar-refractivity contribution in [2.45, 2.75) is 37.8 Å². The van der Waals surface area contributed by atoms with Gasteiger partial charge in [0.1, 0.15) is 5.82 Å². The van der Waals surface area contributed by atoms with E-state index in [2.05, 4.69) is 9.97 Å². The summed E-state index contributed by atoms with van der Waals surface area (Å²) in [6.45, 7) is 0. The molecular weight excluding hydrogens is 288 g/mol. The number of hydrogen-bond acceptors (Lipinski definition) is 3. The molecule has 3 heterocycles. The highest BCUT2D eigenvalue weighted by Gasteiger charge is 2.45. The molecule has 2 aromatic heterocycles. The fourth-order valence-electron chi connectivity index (χ4n) is 3.80. The first-order valence-electron chi connectivity index (χ1n) is 8.18. The third-order valence-electron chi connectivity index (χ3n) is 5.02. The minimum absolute atomic E-state index is 0.0727. The monoisotopic (exact) mass is 308 g/mol. The average molecular weight is 308 g/mol. The van der Waals surface area contributed by atoms with E-state index in [9.17, 15) is 4.79 Å². The smallest absolute Gasteiger partial charge is 0.322 e. The van der Waals surface area contributed by atoms with Crippen molar-refractivity contribution in [1.29, 1.82) is 0 Å². The summed E-state index contributed by atoms with van der Waals surface area (Å²) in [6.07, 6.45) is 9.96. The summed E-state index contributed by atoms with van der Waals surface area (Å²) in [6, 6.07) is 8.55. The van der Waals surface area contributed by atoms with Gasteiger partial charge in [0.15, 0.2) is 0 Å². The minimum Gasteiger partial charge on any atom is -0.322 e. The van der Waals surface area contributed by atoms with Crippen LogP contribution in [0.1, 0.15) is 25.7 Å². The van der Waals surface area contributed by atoms with E-state index in [-0.39, 0.29) is 12.1 Å². The molecule has 5 heteroatoms. The van der Waals surface area contributed by atoms with Crippen LogP contribution in [0.2, 0.25) is 0 Å². The lowest BCUT2D eigenvalue weighted by Crippen LogP contribution is -2.39. The summed E-state index contributed by atoms with van der Waals surface area (Å²) in [7, 11) is 1.91. The molecule has 1 saturated carbocycles. The molecular formula is C18H20N4O. The van der Waals surface area contributed by atoms with Crippen LogP contribution >= 0.6 is 0 Å². The lowest BCUT2D eigenvalue weighted by molar-refractivity contribution is 0.208. The number of hydrogen-bond donors (Lipinski definition) is 0. The molecule has 2 atom stereocenters. The Morgan fingerprint density at radius 1 is 1.04 bits per heavy atom. The van der Waals surface area contributed by atoms with Gasteiger partial charge in [-0.3, -0.25) is 9.88 Å². The number of carbonyl (C=O) groups is 1. The number of fused-ring (bicyclic) bond motifs is 1. The average Bonchev–Trinajstić information content (AvgIpc) is 2.87. The van der Waals surface area contributed by atoms with E-state index in [0.29, 0.717) is 6.04 Å². The van der Waals surface area contributed by atoms with Gasteiger partial charge in [-0.05, 0) is 31.0 Å². The van der Waals surface area contributed by atoms with Crippen LogP contribution in [-0.4, -0.2) is 40.0 Å². The van der Waals surface area contributed by atoms with Crippen LogP contribution in [0.15, 0.2) is 42.9 Å². The number of nitrogens with zero attached hydrogens (tertiary/aromatic N) is 4. The zero-order valence-corrected chi connectivity index (χ0v) is 13.2. The van der Waals surface area contributed by atoms with E-state index < -0.39 is 0 Å². The Bertz CT molecular complexity index is 701. The summed E-state index contributed by atoms with van der Waals surface area (Å²) < 4.78 is 0. The van der Waals surface area contributed by atoms with Crippen LogP contribution in [0.4, 0.5) is 10.6 Å². The molecule has 4 rings (SSSR count). The molecule has 5 nitrogen and oxygen atoms in total. The maximum absolute atomic E-state index is 12.6. The number of aromatic nitrogens is 2. The molecule has 1 saturated heterocycles. The molecule has 2 fully saturated rings. The second-order valence-electron chi connectivity index (χ2n) is 6.33. The normalized spacial score (nSPS) is 24.0. The summed E-state index contributed by atoms with van der Waals surface area (Å²) in [4.78, 5) is 25.1. The fraction of sp³-hybridized carbons (Fsp3) is 0.389. The molecule has 1 aliphatic carbocycles. The predicted octanol–water partition coefficient (Wildman–Crippen LogP) is 3.33. The van der Waals surface area contributed by atoms with Crippen molar-refractivity contribution >= 4 is 11.8 Å². The van der Waals surface area contributed by atoms with Crippen molar-refractivity contribution in [2.75, 3.05) is 11.9 Å². The summed E-state index contributed by atoms with van der Waals surface area (Å²) in [5.41, 5.74) is 2.05. The Hall–Kier alpha value is -2.43. The largest absolute Gasteiger partial charge is 0.326 e. The van der Waals surface area contributed by atoms with Crippen molar-refractivity contribution in [3.05, 3.63) is 42.9 Å². The second kappa shape index (κ2) is 5.65. The van der Waals surface area contributed by atoms with Gasteiger partial charge in [0.2, 0.25) is 0 Å². The number of urea groups is 1. The number of amides is 2. The van der Waals surface area contributed by atoms with E-state index in [1.54, 1.807) is 6.20 Å². The molecule has 2 amide bonds. The van der Waals surface area contributed by atoms with Crippen LogP contribution in [0.25, 0.3) is 11.1 Å². The van der Waals surface area contributed by atoms with Gasteiger partial charge < -0.3 is 4.90 Å². The second-order valence-corrected chi connectivity index (χ2v) is 6.33. The zero-order chi connectivity index (χ0) is 15.8. The Kier molecular flexibility index (Phi) is 3.48. The maximum Gasteiger partial charge on any atom is 0.326 e. The number of rotatable bonds is 2. The number of anilines is 1. The van der Waals surface area contributed by atoms with Gasteiger partial charge in [0.05, 0.1) is 12.1 Å². The van der Waals surface area contributed by atoms with Gasteiger partial charge in [-0.25, -0.2) is 9.78 Å². The third-order valence-corrected chi connectivity index (χ3v) is 5.02. The van der Waals surface area contributed by atoms with Crippen molar-refractivity contribution in [1.82, 2.24) is 14.9 Å². The molecule has 23 heavy (non-hydrogen) atoms. The highest BCUT2D eigenvalue weighted by atomic mass is 16.2. The van der Waals surface area contributed by atoms with Crippen molar-refractivity contribution < 1.29 is 4.79 Å². The number of pyridine rings is 2. The highest BCUT2D eigenvalue weighted by molar-refractivity contribution is 5.94. The van der Waals surface area contributed by atoms with E-state index in [0.717, 1.165) is 29.8 Å². The summed E-state index contributed by atoms with van der Waals surface area (Å²) in [5, 5.41) is 0. The first kappa shape index (κ1) is 14.2. The lowest BCUT2D eigenvalue weighted by Gasteiger charge is -2.30. The van der Waals surface area contributed by atoms with Crippen LogP contribution in [0.5, 0.6) is 0 Å². The Labute approximate surface area is 136 Å². The van der Waals surface area contributed by atoms with Crippen LogP contribution < -0.4 is 4.90 Å². The molecule has 2 aromatic rings.